The summed E-state index contributed by atoms with van der Waals surface area (Å²) < 4.78 is 17.3. The van der Waals surface area contributed by atoms with Gasteiger partial charge in [-0.25, -0.2) is 4.39 Å². The van der Waals surface area contributed by atoms with Crippen LogP contribution in [0.3, 0.4) is 0 Å². The molecule has 0 aromatic carbocycles. The van der Waals surface area contributed by atoms with Gasteiger partial charge in [0.15, 0.2) is 0 Å². The molecular formula is C10H18FNO2. The number of hydrogen-bond donors (Lipinski definition) is 1. The molecule has 0 radical (unpaired) electrons. The fraction of sp³-hybridized carbons (Fsp3) is 0.700. The third-order valence-electron chi connectivity index (χ3n) is 1.33. The average molecular weight is 203 g/mol. The fourth-order valence-electron chi connectivity index (χ4n) is 0.954. The van der Waals surface area contributed by atoms with Crippen LogP contribution < -0.4 is 5.73 Å². The van der Waals surface area contributed by atoms with Crippen molar-refractivity contribution in [2.45, 2.75) is 45.3 Å². The van der Waals surface area contributed by atoms with Gasteiger partial charge in [0.2, 0.25) is 0 Å². The minimum Gasteiger partial charge on any atom is -0.460 e. The van der Waals surface area contributed by atoms with Crippen LogP contribution in [-0.2, 0) is 9.53 Å². The summed E-state index contributed by atoms with van der Waals surface area (Å²) in [7, 11) is 0. The largest absolute Gasteiger partial charge is 0.460 e. The standard InChI is InChI=1S/C10H18FNO2/c1-7(11)5-8(12)6-9(13)14-10(2,3)4/h8H,1,5-6,12H2,2-4H3/t8-/m1/s1. The van der Waals surface area contributed by atoms with E-state index in [1.165, 1.54) is 0 Å². The quantitative estimate of drug-likeness (QED) is 0.710. The van der Waals surface area contributed by atoms with Crippen molar-refractivity contribution < 1.29 is 13.9 Å². The first-order chi connectivity index (χ1) is 6.20. The van der Waals surface area contributed by atoms with Gasteiger partial charge in [0.25, 0.3) is 0 Å². The molecule has 0 heterocycles. The molecule has 82 valence electrons. The van der Waals surface area contributed by atoms with Crippen molar-refractivity contribution in [3.63, 3.8) is 0 Å². The van der Waals surface area contributed by atoms with Crippen LogP contribution >= 0.6 is 0 Å². The maximum atomic E-state index is 12.3. The van der Waals surface area contributed by atoms with Gasteiger partial charge < -0.3 is 10.5 Å². The number of carbonyl (C=O) groups is 1. The molecule has 0 unspecified atom stereocenters. The lowest BCUT2D eigenvalue weighted by atomic mass is 10.1. The number of hydrogen-bond acceptors (Lipinski definition) is 3. The molecule has 4 heteroatoms. The Balaban J connectivity index is 3.89. The van der Waals surface area contributed by atoms with Crippen molar-refractivity contribution in [1.82, 2.24) is 0 Å². The molecule has 0 amide bonds. The van der Waals surface area contributed by atoms with Crippen molar-refractivity contribution in [1.29, 1.82) is 0 Å². The molecule has 0 fully saturated rings. The third-order valence-corrected chi connectivity index (χ3v) is 1.33. The van der Waals surface area contributed by atoms with Gasteiger partial charge in [0.05, 0.1) is 12.2 Å². The monoisotopic (exact) mass is 203 g/mol. The van der Waals surface area contributed by atoms with Gasteiger partial charge >= 0.3 is 5.97 Å². The zero-order valence-corrected chi connectivity index (χ0v) is 8.97. The summed E-state index contributed by atoms with van der Waals surface area (Å²) in [6, 6.07) is -0.553. The van der Waals surface area contributed by atoms with E-state index in [9.17, 15) is 9.18 Å². The summed E-state index contributed by atoms with van der Waals surface area (Å²) in [6.07, 6.45) is 0.0133. The minimum atomic E-state index is -0.553. The Hall–Kier alpha value is -0.900. The van der Waals surface area contributed by atoms with Crippen molar-refractivity contribution in [3.8, 4) is 0 Å². The van der Waals surface area contributed by atoms with E-state index in [0.29, 0.717) is 0 Å². The first-order valence-corrected chi connectivity index (χ1v) is 4.51. The van der Waals surface area contributed by atoms with E-state index in [1.807, 2.05) is 0 Å². The molecule has 3 nitrogen and oxygen atoms in total. The topological polar surface area (TPSA) is 52.3 Å². The van der Waals surface area contributed by atoms with Crippen LogP contribution in [-0.4, -0.2) is 17.6 Å². The Labute approximate surface area is 84.1 Å². The molecular weight excluding hydrogens is 185 g/mol. The smallest absolute Gasteiger partial charge is 0.307 e. The van der Waals surface area contributed by atoms with E-state index >= 15 is 0 Å². The predicted octanol–water partition coefficient (Wildman–Crippen LogP) is 1.92. The number of ether oxygens (including phenoxy) is 1. The Bertz CT molecular complexity index is 221. The number of halogens is 1. The van der Waals surface area contributed by atoms with Gasteiger partial charge in [-0.3, -0.25) is 4.79 Å². The number of esters is 1. The van der Waals surface area contributed by atoms with Crippen molar-refractivity contribution >= 4 is 5.97 Å². The van der Waals surface area contributed by atoms with Crippen LogP contribution in [0.5, 0.6) is 0 Å². The first kappa shape index (κ1) is 13.1. The van der Waals surface area contributed by atoms with Gasteiger partial charge in [-0.2, -0.15) is 0 Å². The molecule has 0 rings (SSSR count). The summed E-state index contributed by atoms with van der Waals surface area (Å²) in [5.74, 6) is -0.924. The van der Waals surface area contributed by atoms with E-state index in [2.05, 4.69) is 6.58 Å². The van der Waals surface area contributed by atoms with Crippen LogP contribution in [0.4, 0.5) is 4.39 Å². The van der Waals surface area contributed by atoms with Crippen LogP contribution in [0.1, 0.15) is 33.6 Å². The van der Waals surface area contributed by atoms with E-state index in [-0.39, 0.29) is 12.8 Å². The van der Waals surface area contributed by atoms with E-state index in [0.717, 1.165) is 0 Å². The highest BCUT2D eigenvalue weighted by atomic mass is 19.1. The third kappa shape index (κ3) is 7.73. The first-order valence-electron chi connectivity index (χ1n) is 4.51. The summed E-state index contributed by atoms with van der Waals surface area (Å²) in [5.41, 5.74) is 4.97. The van der Waals surface area contributed by atoms with Gasteiger partial charge in [-0.15, -0.1) is 0 Å². The maximum absolute atomic E-state index is 12.3. The van der Waals surface area contributed by atoms with Crippen LogP contribution in [0.15, 0.2) is 12.4 Å². The van der Waals surface area contributed by atoms with E-state index in [4.69, 9.17) is 10.5 Å². The van der Waals surface area contributed by atoms with E-state index < -0.39 is 23.4 Å². The summed E-state index contributed by atoms with van der Waals surface area (Å²) in [4.78, 5) is 11.2. The van der Waals surface area contributed by atoms with Crippen molar-refractivity contribution in [3.05, 3.63) is 12.4 Å². The summed E-state index contributed by atoms with van der Waals surface area (Å²) >= 11 is 0. The molecule has 0 aromatic heterocycles. The van der Waals surface area contributed by atoms with Crippen molar-refractivity contribution in [2.75, 3.05) is 0 Å². The van der Waals surface area contributed by atoms with Gasteiger partial charge in [0, 0.05) is 12.5 Å². The predicted molar refractivity (Wildman–Crippen MR) is 53.3 cm³/mol. The molecule has 0 aliphatic rings. The molecule has 14 heavy (non-hydrogen) atoms. The Kier molecular flexibility index (Phi) is 4.77. The summed E-state index contributed by atoms with van der Waals surface area (Å²) in [6.45, 7) is 8.38. The van der Waals surface area contributed by atoms with Crippen LogP contribution in [0, 0.1) is 0 Å². The second-order valence-electron chi connectivity index (χ2n) is 4.27. The highest BCUT2D eigenvalue weighted by Crippen LogP contribution is 2.11. The maximum Gasteiger partial charge on any atom is 0.307 e. The summed E-state index contributed by atoms with van der Waals surface area (Å²) in [5, 5.41) is 0. The molecule has 0 saturated carbocycles. The van der Waals surface area contributed by atoms with Crippen LogP contribution in [0.25, 0.3) is 0 Å². The lowest BCUT2D eigenvalue weighted by Crippen LogP contribution is -2.30. The second kappa shape index (κ2) is 5.10. The van der Waals surface area contributed by atoms with E-state index in [1.54, 1.807) is 20.8 Å². The molecule has 0 bridgehead atoms. The highest BCUT2D eigenvalue weighted by molar-refractivity contribution is 5.70. The molecule has 0 aliphatic carbocycles. The lowest BCUT2D eigenvalue weighted by Gasteiger charge is -2.20. The number of rotatable bonds is 4. The minimum absolute atomic E-state index is 0.000751. The molecule has 0 aliphatic heterocycles. The molecule has 2 N–H and O–H groups in total. The van der Waals surface area contributed by atoms with Gasteiger partial charge in [-0.05, 0) is 20.8 Å². The zero-order chi connectivity index (χ0) is 11.4. The normalized spacial score (nSPS) is 13.5. The fourth-order valence-corrected chi connectivity index (χ4v) is 0.954. The molecule has 0 spiro atoms. The Morgan fingerprint density at radius 3 is 2.36 bits per heavy atom. The zero-order valence-electron chi connectivity index (χ0n) is 8.97. The molecule has 0 saturated heterocycles. The Morgan fingerprint density at radius 2 is 2.00 bits per heavy atom. The van der Waals surface area contributed by atoms with Crippen LogP contribution in [0.2, 0.25) is 0 Å². The van der Waals surface area contributed by atoms with Crippen molar-refractivity contribution in [2.24, 2.45) is 5.73 Å². The number of carbonyl (C=O) groups excluding carboxylic acids is 1. The average Bonchev–Trinajstić information content (AvgIpc) is 1.77. The lowest BCUT2D eigenvalue weighted by molar-refractivity contribution is -0.155. The highest BCUT2D eigenvalue weighted by Gasteiger charge is 2.18. The second-order valence-corrected chi connectivity index (χ2v) is 4.27. The number of nitrogens with two attached hydrogens (primary N) is 1. The molecule has 0 aromatic rings. The SMILES string of the molecule is C=C(F)C[C@@H](N)CC(=O)OC(C)(C)C. The van der Waals surface area contributed by atoms with Gasteiger partial charge in [0.1, 0.15) is 5.60 Å². The molecule has 1 atom stereocenters. The van der Waals surface area contributed by atoms with Gasteiger partial charge in [-0.1, -0.05) is 6.58 Å². The Morgan fingerprint density at radius 1 is 1.50 bits per heavy atom.